The standard InChI is InChI=1S/C21H33NO4/c1-4-16(3)19-8-6-7-9-20(19)26-15-18(23)14-22-12-10-17(11-13-22)21(24)25-5-2/h6-9,16-18,23H,4-5,10-15H2,1-3H3. The molecule has 0 aromatic heterocycles. The van der Waals surface area contributed by atoms with Gasteiger partial charge >= 0.3 is 5.97 Å². The third-order valence-electron chi connectivity index (χ3n) is 5.17. The number of esters is 1. The fourth-order valence-electron chi connectivity index (χ4n) is 3.39. The van der Waals surface area contributed by atoms with Gasteiger partial charge in [-0.3, -0.25) is 4.79 Å². The van der Waals surface area contributed by atoms with Crippen LogP contribution in [0.2, 0.25) is 0 Å². The highest BCUT2D eigenvalue weighted by Gasteiger charge is 2.27. The van der Waals surface area contributed by atoms with E-state index >= 15 is 0 Å². The van der Waals surface area contributed by atoms with Crippen molar-refractivity contribution in [2.75, 3.05) is 32.8 Å². The number of piperidine rings is 1. The topological polar surface area (TPSA) is 59.0 Å². The third kappa shape index (κ3) is 5.99. The maximum Gasteiger partial charge on any atom is 0.309 e. The number of aliphatic hydroxyl groups excluding tert-OH is 1. The van der Waals surface area contributed by atoms with Crippen molar-refractivity contribution in [2.45, 2.75) is 52.1 Å². The molecule has 0 bridgehead atoms. The second-order valence-electron chi connectivity index (χ2n) is 7.14. The van der Waals surface area contributed by atoms with E-state index in [0.29, 0.717) is 19.1 Å². The minimum Gasteiger partial charge on any atom is -0.491 e. The molecule has 1 aromatic carbocycles. The molecule has 2 atom stereocenters. The number of nitrogens with zero attached hydrogens (tertiary/aromatic N) is 1. The average molecular weight is 363 g/mol. The Balaban J connectivity index is 1.77. The number of hydrogen-bond donors (Lipinski definition) is 1. The first-order valence-corrected chi connectivity index (χ1v) is 9.83. The van der Waals surface area contributed by atoms with E-state index in [9.17, 15) is 9.90 Å². The molecular formula is C21H33NO4. The van der Waals surface area contributed by atoms with Gasteiger partial charge in [0.1, 0.15) is 18.5 Å². The zero-order valence-electron chi connectivity index (χ0n) is 16.3. The summed E-state index contributed by atoms with van der Waals surface area (Å²) >= 11 is 0. The van der Waals surface area contributed by atoms with Gasteiger partial charge in [-0.15, -0.1) is 0 Å². The van der Waals surface area contributed by atoms with Crippen molar-refractivity contribution < 1.29 is 19.4 Å². The fraction of sp³-hybridized carbons (Fsp3) is 0.667. The van der Waals surface area contributed by atoms with Crippen LogP contribution in [-0.4, -0.2) is 54.9 Å². The normalized spacial score (nSPS) is 18.3. The van der Waals surface area contributed by atoms with Crippen molar-refractivity contribution in [1.29, 1.82) is 0 Å². The highest BCUT2D eigenvalue weighted by atomic mass is 16.5. The smallest absolute Gasteiger partial charge is 0.309 e. The number of likely N-dealkylation sites (tertiary alicyclic amines) is 1. The van der Waals surface area contributed by atoms with Crippen LogP contribution in [-0.2, 0) is 9.53 Å². The maximum absolute atomic E-state index is 11.8. The van der Waals surface area contributed by atoms with Crippen LogP contribution in [0.1, 0.15) is 51.5 Å². The van der Waals surface area contributed by atoms with Gasteiger partial charge in [0.25, 0.3) is 0 Å². The minimum absolute atomic E-state index is 0.00185. The molecule has 1 heterocycles. The summed E-state index contributed by atoms with van der Waals surface area (Å²) < 4.78 is 11.0. The molecule has 1 N–H and O–H groups in total. The molecule has 1 aliphatic heterocycles. The summed E-state index contributed by atoms with van der Waals surface area (Å²) in [6.07, 6.45) is 2.10. The summed E-state index contributed by atoms with van der Waals surface area (Å²) in [7, 11) is 0. The summed E-state index contributed by atoms with van der Waals surface area (Å²) in [5, 5.41) is 10.4. The number of hydrogen-bond acceptors (Lipinski definition) is 5. The Hall–Kier alpha value is -1.59. The van der Waals surface area contributed by atoms with Gasteiger partial charge in [-0.25, -0.2) is 0 Å². The largest absolute Gasteiger partial charge is 0.491 e. The van der Waals surface area contributed by atoms with Crippen LogP contribution in [0.5, 0.6) is 5.75 Å². The van der Waals surface area contributed by atoms with Crippen molar-refractivity contribution in [3.63, 3.8) is 0 Å². The Labute approximate surface area is 157 Å². The Morgan fingerprint density at radius 2 is 1.96 bits per heavy atom. The zero-order chi connectivity index (χ0) is 18.9. The van der Waals surface area contributed by atoms with Crippen LogP contribution in [0, 0.1) is 5.92 Å². The Morgan fingerprint density at radius 1 is 1.27 bits per heavy atom. The van der Waals surface area contributed by atoms with Crippen molar-refractivity contribution in [3.8, 4) is 5.75 Å². The van der Waals surface area contributed by atoms with E-state index in [-0.39, 0.29) is 18.5 Å². The lowest BCUT2D eigenvalue weighted by Gasteiger charge is -2.32. The van der Waals surface area contributed by atoms with Crippen LogP contribution in [0.3, 0.4) is 0 Å². The van der Waals surface area contributed by atoms with Gasteiger partial charge in [-0.05, 0) is 56.8 Å². The van der Waals surface area contributed by atoms with E-state index in [2.05, 4.69) is 24.8 Å². The van der Waals surface area contributed by atoms with Crippen LogP contribution in [0.4, 0.5) is 0 Å². The van der Waals surface area contributed by atoms with Crippen molar-refractivity contribution >= 4 is 5.97 Å². The molecule has 2 unspecified atom stereocenters. The lowest BCUT2D eigenvalue weighted by Crippen LogP contribution is -2.42. The fourth-order valence-corrected chi connectivity index (χ4v) is 3.39. The molecule has 1 saturated heterocycles. The van der Waals surface area contributed by atoms with Crippen LogP contribution < -0.4 is 4.74 Å². The molecule has 146 valence electrons. The predicted molar refractivity (Wildman–Crippen MR) is 102 cm³/mol. The van der Waals surface area contributed by atoms with Gasteiger partial charge in [-0.1, -0.05) is 32.0 Å². The molecule has 2 rings (SSSR count). The lowest BCUT2D eigenvalue weighted by molar-refractivity contribution is -0.149. The molecule has 5 nitrogen and oxygen atoms in total. The average Bonchev–Trinajstić information content (AvgIpc) is 2.66. The van der Waals surface area contributed by atoms with Crippen LogP contribution >= 0.6 is 0 Å². The summed E-state index contributed by atoms with van der Waals surface area (Å²) in [5.74, 6) is 1.21. The zero-order valence-corrected chi connectivity index (χ0v) is 16.3. The Kier molecular flexibility index (Phi) is 8.39. The third-order valence-corrected chi connectivity index (χ3v) is 5.17. The molecule has 1 fully saturated rings. The van der Waals surface area contributed by atoms with Crippen molar-refractivity contribution in [3.05, 3.63) is 29.8 Å². The molecule has 26 heavy (non-hydrogen) atoms. The van der Waals surface area contributed by atoms with E-state index in [1.54, 1.807) is 0 Å². The van der Waals surface area contributed by atoms with Crippen LogP contribution in [0.15, 0.2) is 24.3 Å². The van der Waals surface area contributed by atoms with Gasteiger partial charge < -0.3 is 19.5 Å². The lowest BCUT2D eigenvalue weighted by atomic mass is 9.97. The molecule has 0 saturated carbocycles. The monoisotopic (exact) mass is 363 g/mol. The molecule has 1 aliphatic rings. The quantitative estimate of drug-likeness (QED) is 0.683. The number of aliphatic hydroxyl groups is 1. The first-order valence-electron chi connectivity index (χ1n) is 9.83. The van der Waals surface area contributed by atoms with Gasteiger partial charge in [0.2, 0.25) is 0 Å². The molecule has 0 radical (unpaired) electrons. The van der Waals surface area contributed by atoms with Gasteiger partial charge in [-0.2, -0.15) is 0 Å². The van der Waals surface area contributed by atoms with E-state index in [1.807, 2.05) is 25.1 Å². The number of rotatable bonds is 9. The van der Waals surface area contributed by atoms with Crippen molar-refractivity contribution in [1.82, 2.24) is 4.90 Å². The second-order valence-corrected chi connectivity index (χ2v) is 7.14. The number of β-amino-alcohol motifs (C(OH)–C–C–N with tert-alkyl or cyclic N) is 1. The first kappa shape index (κ1) is 20.7. The van der Waals surface area contributed by atoms with Gasteiger partial charge in [0.15, 0.2) is 0 Å². The number of ether oxygens (including phenoxy) is 2. The highest BCUT2D eigenvalue weighted by molar-refractivity contribution is 5.72. The van der Waals surface area contributed by atoms with E-state index in [1.165, 1.54) is 5.56 Å². The second kappa shape index (κ2) is 10.5. The molecular weight excluding hydrogens is 330 g/mol. The van der Waals surface area contributed by atoms with E-state index in [0.717, 1.165) is 38.1 Å². The predicted octanol–water partition coefficient (Wildman–Crippen LogP) is 3.21. The molecule has 1 aromatic rings. The summed E-state index contributed by atoms with van der Waals surface area (Å²) in [5.41, 5.74) is 1.19. The van der Waals surface area contributed by atoms with Crippen molar-refractivity contribution in [2.24, 2.45) is 5.92 Å². The highest BCUT2D eigenvalue weighted by Crippen LogP contribution is 2.28. The SMILES string of the molecule is CCOC(=O)C1CCN(CC(O)COc2ccccc2C(C)CC)CC1. The van der Waals surface area contributed by atoms with E-state index < -0.39 is 6.10 Å². The summed E-state index contributed by atoms with van der Waals surface area (Å²) in [4.78, 5) is 14.0. The number of carbonyl (C=O) groups is 1. The molecule has 0 aliphatic carbocycles. The first-order chi connectivity index (χ1) is 12.5. The summed E-state index contributed by atoms with van der Waals surface area (Å²) in [6, 6.07) is 8.06. The Morgan fingerprint density at radius 3 is 2.62 bits per heavy atom. The van der Waals surface area contributed by atoms with Crippen LogP contribution in [0.25, 0.3) is 0 Å². The molecule has 5 heteroatoms. The number of carbonyl (C=O) groups excluding carboxylic acids is 1. The van der Waals surface area contributed by atoms with Gasteiger partial charge in [0.05, 0.1) is 12.5 Å². The molecule has 0 amide bonds. The number of para-hydroxylation sites is 1. The van der Waals surface area contributed by atoms with E-state index in [4.69, 9.17) is 9.47 Å². The number of benzene rings is 1. The molecule has 0 spiro atoms. The minimum atomic E-state index is -0.542. The maximum atomic E-state index is 11.8. The summed E-state index contributed by atoms with van der Waals surface area (Å²) in [6.45, 7) is 9.10. The van der Waals surface area contributed by atoms with Gasteiger partial charge in [0, 0.05) is 6.54 Å². The Bertz CT molecular complexity index is 555.